The van der Waals surface area contributed by atoms with Gasteiger partial charge in [-0.05, 0) is 25.8 Å². The van der Waals surface area contributed by atoms with Gasteiger partial charge in [0.05, 0.1) is 11.9 Å². The molecule has 2 aromatic heterocycles. The number of rotatable bonds is 4. The molecule has 98 valence electrons. The van der Waals surface area contributed by atoms with Crippen molar-refractivity contribution >= 4 is 0 Å². The van der Waals surface area contributed by atoms with Crippen LogP contribution in [0, 0.1) is 19.8 Å². The van der Waals surface area contributed by atoms with Gasteiger partial charge in [-0.25, -0.2) is 4.98 Å². The Morgan fingerprint density at radius 2 is 2.11 bits per heavy atom. The minimum atomic E-state index is 0.270. The van der Waals surface area contributed by atoms with E-state index in [1.54, 1.807) is 0 Å². The lowest BCUT2D eigenvalue weighted by Gasteiger charge is -2.15. The quantitative estimate of drug-likeness (QED) is 0.872. The molecule has 0 bridgehead atoms. The topological polar surface area (TPSA) is 67.8 Å². The van der Waals surface area contributed by atoms with Gasteiger partial charge in [0.15, 0.2) is 0 Å². The summed E-state index contributed by atoms with van der Waals surface area (Å²) in [5, 5.41) is 0. The molecule has 0 spiro atoms. The van der Waals surface area contributed by atoms with Crippen molar-refractivity contribution in [2.24, 2.45) is 11.7 Å². The van der Waals surface area contributed by atoms with Crippen LogP contribution in [0.1, 0.15) is 37.1 Å². The molecule has 0 amide bonds. The van der Waals surface area contributed by atoms with Crippen molar-refractivity contribution in [1.82, 2.24) is 9.97 Å². The molecule has 2 heterocycles. The van der Waals surface area contributed by atoms with E-state index in [1.807, 2.05) is 26.1 Å². The average molecular weight is 247 g/mol. The maximum absolute atomic E-state index is 5.81. The molecule has 0 radical (unpaired) electrons. The van der Waals surface area contributed by atoms with Crippen LogP contribution in [0.4, 0.5) is 0 Å². The lowest BCUT2D eigenvalue weighted by atomic mass is 9.95. The number of hydrogen-bond acceptors (Lipinski definition) is 3. The molecule has 0 fully saturated rings. The van der Waals surface area contributed by atoms with Crippen LogP contribution in [-0.4, -0.2) is 16.5 Å². The van der Waals surface area contributed by atoms with Crippen LogP contribution >= 0.6 is 0 Å². The first-order chi connectivity index (χ1) is 8.52. The van der Waals surface area contributed by atoms with Gasteiger partial charge in [0.1, 0.15) is 17.3 Å². The summed E-state index contributed by atoms with van der Waals surface area (Å²) in [4.78, 5) is 7.82. The highest BCUT2D eigenvalue weighted by Gasteiger charge is 2.18. The van der Waals surface area contributed by atoms with Crippen molar-refractivity contribution in [1.29, 1.82) is 0 Å². The number of nitrogens with zero attached hydrogens (tertiary/aromatic N) is 1. The molecule has 1 unspecified atom stereocenters. The van der Waals surface area contributed by atoms with Crippen LogP contribution in [0.25, 0.3) is 11.3 Å². The zero-order chi connectivity index (χ0) is 13.3. The van der Waals surface area contributed by atoms with Crippen LogP contribution in [-0.2, 0) is 0 Å². The van der Waals surface area contributed by atoms with Crippen LogP contribution in [0.3, 0.4) is 0 Å². The van der Waals surface area contributed by atoms with Crippen molar-refractivity contribution in [3.63, 3.8) is 0 Å². The lowest BCUT2D eigenvalue weighted by Crippen LogP contribution is -2.19. The predicted octanol–water partition coefficient (Wildman–Crippen LogP) is 2.98. The smallest absolute Gasteiger partial charge is 0.111 e. The van der Waals surface area contributed by atoms with Gasteiger partial charge in [0.25, 0.3) is 0 Å². The Labute approximate surface area is 108 Å². The van der Waals surface area contributed by atoms with Crippen molar-refractivity contribution in [2.45, 2.75) is 33.6 Å². The second-order valence-corrected chi connectivity index (χ2v) is 5.10. The van der Waals surface area contributed by atoms with Gasteiger partial charge >= 0.3 is 0 Å². The third-order valence-electron chi connectivity index (χ3n) is 3.34. The Balaban J connectivity index is 2.33. The zero-order valence-corrected chi connectivity index (χ0v) is 11.4. The first-order valence-corrected chi connectivity index (χ1v) is 6.35. The molecule has 0 saturated heterocycles. The SMILES string of the molecule is Cc1cc(-c2cnc(C(CN)C(C)C)[nH]2)c(C)o1. The number of furan rings is 1. The van der Waals surface area contributed by atoms with E-state index in [1.165, 1.54) is 0 Å². The van der Waals surface area contributed by atoms with E-state index in [9.17, 15) is 0 Å². The molecule has 3 N–H and O–H groups in total. The summed E-state index contributed by atoms with van der Waals surface area (Å²) >= 11 is 0. The van der Waals surface area contributed by atoms with Crippen LogP contribution in [0.15, 0.2) is 16.7 Å². The van der Waals surface area contributed by atoms with Crippen molar-refractivity contribution in [3.05, 3.63) is 29.6 Å². The van der Waals surface area contributed by atoms with Gasteiger partial charge in [0, 0.05) is 18.0 Å². The molecule has 0 aromatic carbocycles. The fourth-order valence-corrected chi connectivity index (χ4v) is 2.26. The number of aryl methyl sites for hydroxylation is 2. The summed E-state index contributed by atoms with van der Waals surface area (Å²) in [6, 6.07) is 2.03. The molecule has 0 aliphatic heterocycles. The Morgan fingerprint density at radius 3 is 2.61 bits per heavy atom. The molecule has 1 atom stereocenters. The second kappa shape index (κ2) is 4.98. The molecule has 18 heavy (non-hydrogen) atoms. The number of imidazole rings is 1. The molecule has 4 heteroatoms. The predicted molar refractivity (Wildman–Crippen MR) is 72.4 cm³/mol. The second-order valence-electron chi connectivity index (χ2n) is 5.10. The summed E-state index contributed by atoms with van der Waals surface area (Å²) in [5.74, 6) is 3.53. The van der Waals surface area contributed by atoms with Crippen molar-refractivity contribution < 1.29 is 4.42 Å². The van der Waals surface area contributed by atoms with Gasteiger partial charge in [0.2, 0.25) is 0 Å². The normalized spacial score (nSPS) is 13.2. The highest BCUT2D eigenvalue weighted by atomic mass is 16.3. The third kappa shape index (κ3) is 2.34. The summed E-state index contributed by atoms with van der Waals surface area (Å²) in [6.45, 7) is 8.84. The molecule has 0 saturated carbocycles. The lowest BCUT2D eigenvalue weighted by molar-refractivity contribution is 0.487. The average Bonchev–Trinajstić information content (AvgIpc) is 2.86. The molecule has 0 aliphatic rings. The fourth-order valence-electron chi connectivity index (χ4n) is 2.26. The van der Waals surface area contributed by atoms with Gasteiger partial charge in [-0.2, -0.15) is 0 Å². The summed E-state index contributed by atoms with van der Waals surface area (Å²) < 4.78 is 5.54. The van der Waals surface area contributed by atoms with E-state index in [0.29, 0.717) is 12.5 Å². The van der Waals surface area contributed by atoms with Crippen LogP contribution in [0.2, 0.25) is 0 Å². The van der Waals surface area contributed by atoms with Crippen molar-refractivity contribution in [2.75, 3.05) is 6.54 Å². The summed E-state index contributed by atoms with van der Waals surface area (Å²) in [7, 11) is 0. The number of hydrogen-bond donors (Lipinski definition) is 2. The minimum absolute atomic E-state index is 0.270. The third-order valence-corrected chi connectivity index (χ3v) is 3.34. The van der Waals surface area contributed by atoms with Gasteiger partial charge in [-0.15, -0.1) is 0 Å². The fraction of sp³-hybridized carbons (Fsp3) is 0.500. The first kappa shape index (κ1) is 12.9. The van der Waals surface area contributed by atoms with Crippen LogP contribution in [0.5, 0.6) is 0 Å². The number of nitrogens with one attached hydrogen (secondary N) is 1. The summed E-state index contributed by atoms with van der Waals surface area (Å²) in [6.07, 6.45) is 1.86. The Morgan fingerprint density at radius 1 is 1.39 bits per heavy atom. The first-order valence-electron chi connectivity index (χ1n) is 6.35. The number of nitrogens with two attached hydrogens (primary N) is 1. The van der Waals surface area contributed by atoms with Gasteiger partial charge < -0.3 is 15.1 Å². The summed E-state index contributed by atoms with van der Waals surface area (Å²) in [5.41, 5.74) is 7.88. The molecule has 2 aromatic rings. The minimum Gasteiger partial charge on any atom is -0.466 e. The monoisotopic (exact) mass is 247 g/mol. The Bertz CT molecular complexity index is 525. The highest BCUT2D eigenvalue weighted by Crippen LogP contribution is 2.27. The maximum atomic E-state index is 5.81. The standard InChI is InChI=1S/C14H21N3O/c1-8(2)12(6-15)14-16-7-13(17-14)11-5-9(3)18-10(11)4/h5,7-8,12H,6,15H2,1-4H3,(H,16,17). The van der Waals surface area contributed by atoms with E-state index in [-0.39, 0.29) is 5.92 Å². The molecular formula is C14H21N3O. The molecule has 0 aliphatic carbocycles. The zero-order valence-electron chi connectivity index (χ0n) is 11.4. The van der Waals surface area contributed by atoms with E-state index >= 15 is 0 Å². The molecule has 2 rings (SSSR count). The van der Waals surface area contributed by atoms with Gasteiger partial charge in [-0.1, -0.05) is 13.8 Å². The van der Waals surface area contributed by atoms with Gasteiger partial charge in [-0.3, -0.25) is 0 Å². The number of aromatic amines is 1. The van der Waals surface area contributed by atoms with E-state index in [0.717, 1.165) is 28.6 Å². The number of H-pyrrole nitrogens is 1. The maximum Gasteiger partial charge on any atom is 0.111 e. The van der Waals surface area contributed by atoms with E-state index < -0.39 is 0 Å². The largest absolute Gasteiger partial charge is 0.466 e. The number of aromatic nitrogens is 2. The Kier molecular flexibility index (Phi) is 3.57. The van der Waals surface area contributed by atoms with Crippen LogP contribution < -0.4 is 5.73 Å². The van der Waals surface area contributed by atoms with Crippen molar-refractivity contribution in [3.8, 4) is 11.3 Å². The molecule has 4 nitrogen and oxygen atoms in total. The highest BCUT2D eigenvalue weighted by molar-refractivity contribution is 5.61. The molecular weight excluding hydrogens is 226 g/mol. The Hall–Kier alpha value is -1.55. The van der Waals surface area contributed by atoms with E-state index in [2.05, 4.69) is 23.8 Å². The van der Waals surface area contributed by atoms with E-state index in [4.69, 9.17) is 10.2 Å².